The van der Waals surface area contributed by atoms with Crippen molar-refractivity contribution in [3.05, 3.63) is 0 Å². The Morgan fingerprint density at radius 3 is 1.90 bits per heavy atom. The fourth-order valence-corrected chi connectivity index (χ4v) is 0.612. The molecule has 0 aromatic rings. The van der Waals surface area contributed by atoms with Gasteiger partial charge in [0, 0.05) is 0 Å². The van der Waals surface area contributed by atoms with Gasteiger partial charge in [-0.1, -0.05) is 40.0 Å². The second kappa shape index (κ2) is 11.5. The molecule has 1 nitrogen and oxygen atoms in total. The highest BCUT2D eigenvalue weighted by Gasteiger charge is 1.88. The molecule has 0 heterocycles. The van der Waals surface area contributed by atoms with Gasteiger partial charge in [0.1, 0.15) is 6.29 Å². The molecule has 0 rings (SSSR count). The number of aldehydes is 1. The monoisotopic (exact) mass is 144 g/mol. The van der Waals surface area contributed by atoms with E-state index < -0.39 is 0 Å². The third-order valence-electron chi connectivity index (χ3n) is 1.14. The summed E-state index contributed by atoms with van der Waals surface area (Å²) in [5.74, 6) is 0.903. The van der Waals surface area contributed by atoms with Crippen LogP contribution in [0.1, 0.15) is 47.0 Å². The molecule has 0 aliphatic rings. The van der Waals surface area contributed by atoms with Crippen molar-refractivity contribution in [1.29, 1.82) is 0 Å². The molecule has 0 aromatic heterocycles. The average molecular weight is 144 g/mol. The van der Waals surface area contributed by atoms with Crippen LogP contribution in [0.15, 0.2) is 0 Å². The zero-order valence-corrected chi connectivity index (χ0v) is 7.68. The summed E-state index contributed by atoms with van der Waals surface area (Å²) >= 11 is 0. The molecule has 0 atom stereocenters. The van der Waals surface area contributed by atoms with E-state index >= 15 is 0 Å². The van der Waals surface area contributed by atoms with Crippen molar-refractivity contribution in [3.8, 4) is 0 Å². The summed E-state index contributed by atoms with van der Waals surface area (Å²) in [6.07, 6.45) is 4.90. The maximum Gasteiger partial charge on any atom is 0.116 e. The third kappa shape index (κ3) is 25.3. The van der Waals surface area contributed by atoms with E-state index in [1.54, 1.807) is 0 Å². The molecule has 0 fully saturated rings. The Bertz CT molecular complexity index is 57.7. The van der Waals surface area contributed by atoms with Crippen LogP contribution in [0.3, 0.4) is 0 Å². The van der Waals surface area contributed by atoms with Gasteiger partial charge in [0.05, 0.1) is 0 Å². The molecular weight excluding hydrogens is 124 g/mol. The standard InChI is InChI=1S/C7H16.C2H4O/c1-4-5-6-7(2)3;1-2-3/h7H,4-6H2,1-3H3;2H,1H3. The van der Waals surface area contributed by atoms with Gasteiger partial charge in [0.2, 0.25) is 0 Å². The molecule has 0 saturated heterocycles. The molecule has 0 aliphatic heterocycles. The third-order valence-corrected chi connectivity index (χ3v) is 1.14. The number of hydrogen-bond donors (Lipinski definition) is 0. The van der Waals surface area contributed by atoms with Gasteiger partial charge < -0.3 is 4.79 Å². The Hall–Kier alpha value is -0.330. The Balaban J connectivity index is 0. The highest BCUT2D eigenvalue weighted by atomic mass is 16.1. The van der Waals surface area contributed by atoms with Gasteiger partial charge in [-0.2, -0.15) is 0 Å². The van der Waals surface area contributed by atoms with Crippen LogP contribution < -0.4 is 0 Å². The van der Waals surface area contributed by atoms with Crippen molar-refractivity contribution >= 4 is 6.29 Å². The van der Waals surface area contributed by atoms with Crippen molar-refractivity contribution in [1.82, 2.24) is 0 Å². The first kappa shape index (κ1) is 12.4. The van der Waals surface area contributed by atoms with E-state index in [-0.39, 0.29) is 0 Å². The molecule has 10 heavy (non-hydrogen) atoms. The summed E-state index contributed by atoms with van der Waals surface area (Å²) in [4.78, 5) is 8.81. The van der Waals surface area contributed by atoms with E-state index in [9.17, 15) is 0 Å². The predicted molar refractivity (Wildman–Crippen MR) is 46.1 cm³/mol. The zero-order chi connectivity index (χ0) is 8.41. The maximum atomic E-state index is 8.81. The van der Waals surface area contributed by atoms with Crippen LogP contribution >= 0.6 is 0 Å². The first-order valence-electron chi connectivity index (χ1n) is 4.08. The Morgan fingerprint density at radius 1 is 1.40 bits per heavy atom. The van der Waals surface area contributed by atoms with Gasteiger partial charge in [-0.15, -0.1) is 0 Å². The van der Waals surface area contributed by atoms with Crippen molar-refractivity contribution in [2.75, 3.05) is 0 Å². The van der Waals surface area contributed by atoms with Gasteiger partial charge in [-0.25, -0.2) is 0 Å². The predicted octanol–water partition coefficient (Wildman–Crippen LogP) is 3.04. The summed E-state index contributed by atoms with van der Waals surface area (Å²) in [5, 5.41) is 0. The van der Waals surface area contributed by atoms with Gasteiger partial charge in [0.15, 0.2) is 0 Å². The van der Waals surface area contributed by atoms with Gasteiger partial charge in [-0.05, 0) is 12.8 Å². The number of carbonyl (C=O) groups is 1. The highest BCUT2D eigenvalue weighted by Crippen LogP contribution is 2.04. The van der Waals surface area contributed by atoms with Crippen molar-refractivity contribution in [3.63, 3.8) is 0 Å². The number of rotatable bonds is 3. The van der Waals surface area contributed by atoms with Crippen LogP contribution in [0.4, 0.5) is 0 Å². The Kier molecular flexibility index (Phi) is 14.2. The topological polar surface area (TPSA) is 17.1 Å². The van der Waals surface area contributed by atoms with E-state index in [1.807, 2.05) is 0 Å². The van der Waals surface area contributed by atoms with Crippen LogP contribution in [0.25, 0.3) is 0 Å². The molecular formula is C9H20O. The fraction of sp³-hybridized carbons (Fsp3) is 0.889. The zero-order valence-electron chi connectivity index (χ0n) is 7.68. The van der Waals surface area contributed by atoms with Gasteiger partial charge in [0.25, 0.3) is 0 Å². The lowest BCUT2D eigenvalue weighted by atomic mass is 10.1. The van der Waals surface area contributed by atoms with Crippen LogP contribution in [0.2, 0.25) is 0 Å². The van der Waals surface area contributed by atoms with Gasteiger partial charge in [-0.3, -0.25) is 0 Å². The highest BCUT2D eigenvalue weighted by molar-refractivity contribution is 5.44. The SMILES string of the molecule is CC=O.CCCCC(C)C. The van der Waals surface area contributed by atoms with E-state index in [0.29, 0.717) is 0 Å². The minimum absolute atomic E-state index is 0.750. The van der Waals surface area contributed by atoms with Crippen molar-refractivity contribution < 1.29 is 4.79 Å². The Morgan fingerprint density at radius 2 is 1.80 bits per heavy atom. The molecule has 0 unspecified atom stereocenters. The summed E-state index contributed by atoms with van der Waals surface area (Å²) in [5.41, 5.74) is 0. The number of carbonyl (C=O) groups excluding carboxylic acids is 1. The van der Waals surface area contributed by atoms with E-state index in [0.717, 1.165) is 12.2 Å². The van der Waals surface area contributed by atoms with Crippen molar-refractivity contribution in [2.45, 2.75) is 47.0 Å². The van der Waals surface area contributed by atoms with Crippen LogP contribution in [0, 0.1) is 5.92 Å². The second-order valence-corrected chi connectivity index (χ2v) is 2.77. The average Bonchev–Trinajstić information content (AvgIpc) is 1.85. The number of unbranched alkanes of at least 4 members (excludes halogenated alkanes) is 1. The van der Waals surface area contributed by atoms with E-state index in [1.165, 1.54) is 26.2 Å². The minimum Gasteiger partial charge on any atom is -0.304 e. The lowest BCUT2D eigenvalue weighted by molar-refractivity contribution is -0.106. The molecule has 62 valence electrons. The van der Waals surface area contributed by atoms with Crippen LogP contribution in [0.5, 0.6) is 0 Å². The van der Waals surface area contributed by atoms with Crippen molar-refractivity contribution in [2.24, 2.45) is 5.92 Å². The van der Waals surface area contributed by atoms with E-state index in [4.69, 9.17) is 4.79 Å². The molecule has 0 amide bonds. The smallest absolute Gasteiger partial charge is 0.116 e. The first-order chi connectivity index (χ1) is 4.68. The molecule has 0 radical (unpaired) electrons. The molecule has 0 saturated carbocycles. The van der Waals surface area contributed by atoms with E-state index in [2.05, 4.69) is 20.8 Å². The summed E-state index contributed by atoms with van der Waals surface area (Å²) in [6, 6.07) is 0. The molecule has 0 N–H and O–H groups in total. The quantitative estimate of drug-likeness (QED) is 0.556. The second-order valence-electron chi connectivity index (χ2n) is 2.77. The van der Waals surface area contributed by atoms with Gasteiger partial charge >= 0.3 is 0 Å². The lowest BCUT2D eigenvalue weighted by Gasteiger charge is -1.98. The molecule has 0 spiro atoms. The normalized spacial score (nSPS) is 8.50. The maximum absolute atomic E-state index is 8.81. The molecule has 0 bridgehead atoms. The van der Waals surface area contributed by atoms with Crippen LogP contribution in [-0.4, -0.2) is 6.29 Å². The molecule has 0 aromatic carbocycles. The fourth-order valence-electron chi connectivity index (χ4n) is 0.612. The van der Waals surface area contributed by atoms with Crippen LogP contribution in [-0.2, 0) is 4.79 Å². The largest absolute Gasteiger partial charge is 0.304 e. The first-order valence-corrected chi connectivity index (χ1v) is 4.08. The summed E-state index contributed by atoms with van der Waals surface area (Å²) in [6.45, 7) is 8.23. The Labute approximate surface area is 64.8 Å². The lowest BCUT2D eigenvalue weighted by Crippen LogP contribution is -1.83. The molecule has 0 aliphatic carbocycles. The molecule has 1 heteroatoms. The summed E-state index contributed by atoms with van der Waals surface area (Å²) < 4.78 is 0. The number of hydrogen-bond acceptors (Lipinski definition) is 1. The minimum atomic E-state index is 0.750. The summed E-state index contributed by atoms with van der Waals surface area (Å²) in [7, 11) is 0.